The molecule has 3 N–H and O–H groups in total. The van der Waals surface area contributed by atoms with Gasteiger partial charge in [0.05, 0.1) is 0 Å². The molecule has 1 aliphatic rings. The molecule has 1 atom stereocenters. The zero-order valence-electron chi connectivity index (χ0n) is 12.7. The molecule has 1 fully saturated rings. The van der Waals surface area contributed by atoms with Gasteiger partial charge in [0.25, 0.3) is 5.56 Å². The number of nitrogens with one attached hydrogen (secondary N) is 3. The van der Waals surface area contributed by atoms with Gasteiger partial charge in [-0.3, -0.25) is 19.4 Å². The lowest BCUT2D eigenvalue weighted by Gasteiger charge is -2.31. The minimum Gasteiger partial charge on any atom is -0.342 e. The number of imidazole rings is 1. The Balaban J connectivity index is 1.70. The number of nitrogens with zero attached hydrogens (tertiary/aromatic N) is 4. The molecule has 0 spiro atoms. The number of hydrogen-bond donors (Lipinski definition) is 3. The summed E-state index contributed by atoms with van der Waals surface area (Å²) >= 11 is 0. The average molecular weight is 315 g/mol. The molecule has 4 heterocycles. The number of fused-ring (bicyclic) bond motifs is 1. The maximum Gasteiger partial charge on any atom is 0.329 e. The van der Waals surface area contributed by atoms with Gasteiger partial charge in [0.15, 0.2) is 11.2 Å². The number of hydrogen-bond acceptors (Lipinski definition) is 5. The van der Waals surface area contributed by atoms with Crippen molar-refractivity contribution in [2.45, 2.75) is 18.8 Å². The Morgan fingerprint density at radius 1 is 1.30 bits per heavy atom. The van der Waals surface area contributed by atoms with Gasteiger partial charge in [-0.25, -0.2) is 4.79 Å². The van der Waals surface area contributed by atoms with Crippen molar-refractivity contribution in [3.8, 4) is 0 Å². The number of aromatic nitrogens is 6. The lowest BCUT2D eigenvalue weighted by atomic mass is 9.95. The predicted molar refractivity (Wildman–Crippen MR) is 84.7 cm³/mol. The molecular formula is C14H17N7O2. The Bertz CT molecular complexity index is 950. The van der Waals surface area contributed by atoms with Crippen molar-refractivity contribution in [3.63, 3.8) is 0 Å². The van der Waals surface area contributed by atoms with Crippen LogP contribution in [0, 0.1) is 0 Å². The van der Waals surface area contributed by atoms with Crippen LogP contribution in [0.25, 0.3) is 11.2 Å². The summed E-state index contributed by atoms with van der Waals surface area (Å²) in [5, 5.41) is 7.03. The van der Waals surface area contributed by atoms with Crippen molar-refractivity contribution in [1.82, 2.24) is 29.7 Å². The second kappa shape index (κ2) is 5.11. The van der Waals surface area contributed by atoms with E-state index in [0.29, 0.717) is 23.0 Å². The van der Waals surface area contributed by atoms with E-state index in [0.717, 1.165) is 36.2 Å². The third-order valence-corrected chi connectivity index (χ3v) is 4.42. The largest absolute Gasteiger partial charge is 0.342 e. The van der Waals surface area contributed by atoms with Crippen LogP contribution in [-0.4, -0.2) is 42.8 Å². The first-order valence-electron chi connectivity index (χ1n) is 7.56. The number of H-pyrrole nitrogens is 3. The minimum atomic E-state index is -0.463. The summed E-state index contributed by atoms with van der Waals surface area (Å²) in [6, 6.07) is 1.99. The van der Waals surface area contributed by atoms with Gasteiger partial charge in [-0.2, -0.15) is 10.1 Å². The van der Waals surface area contributed by atoms with Crippen LogP contribution in [0.1, 0.15) is 24.5 Å². The van der Waals surface area contributed by atoms with Gasteiger partial charge in [0.2, 0.25) is 5.95 Å². The van der Waals surface area contributed by atoms with Crippen molar-refractivity contribution < 1.29 is 0 Å². The number of aromatic amines is 3. The van der Waals surface area contributed by atoms with Gasteiger partial charge in [-0.1, -0.05) is 0 Å². The zero-order valence-corrected chi connectivity index (χ0v) is 12.7. The van der Waals surface area contributed by atoms with E-state index in [1.54, 1.807) is 6.20 Å². The number of anilines is 1. The molecule has 3 aromatic heterocycles. The summed E-state index contributed by atoms with van der Waals surface area (Å²) in [7, 11) is 1.44. The fourth-order valence-corrected chi connectivity index (χ4v) is 3.12. The van der Waals surface area contributed by atoms with Crippen molar-refractivity contribution in [3.05, 3.63) is 38.8 Å². The van der Waals surface area contributed by atoms with Crippen molar-refractivity contribution in [2.24, 2.45) is 7.05 Å². The molecule has 1 aliphatic heterocycles. The monoisotopic (exact) mass is 315 g/mol. The Hall–Kier alpha value is -2.84. The SMILES string of the molecule is Cn1c(=O)[nH]c2nc(N3CCCC(c4ccn[nH]4)C3)[nH]c2c1=O. The second-order valence-corrected chi connectivity index (χ2v) is 5.88. The summed E-state index contributed by atoms with van der Waals surface area (Å²) in [6.45, 7) is 1.64. The Morgan fingerprint density at radius 2 is 2.17 bits per heavy atom. The van der Waals surface area contributed by atoms with Crippen LogP contribution in [-0.2, 0) is 7.05 Å². The summed E-state index contributed by atoms with van der Waals surface area (Å²) in [5.41, 5.74) is 0.900. The fraction of sp³-hybridized carbons (Fsp3) is 0.429. The summed E-state index contributed by atoms with van der Waals surface area (Å²) < 4.78 is 1.04. The quantitative estimate of drug-likeness (QED) is 0.618. The van der Waals surface area contributed by atoms with Crippen LogP contribution in [0.5, 0.6) is 0 Å². The molecule has 0 amide bonds. The predicted octanol–water partition coefficient (Wildman–Crippen LogP) is 0.0570. The molecule has 3 aromatic rings. The molecule has 1 unspecified atom stereocenters. The summed E-state index contributed by atoms with van der Waals surface area (Å²) in [4.78, 5) is 36.0. The van der Waals surface area contributed by atoms with Crippen LogP contribution in [0.15, 0.2) is 21.9 Å². The van der Waals surface area contributed by atoms with E-state index < -0.39 is 5.69 Å². The minimum absolute atomic E-state index is 0.303. The highest BCUT2D eigenvalue weighted by molar-refractivity contribution is 5.72. The van der Waals surface area contributed by atoms with Crippen LogP contribution in [0.2, 0.25) is 0 Å². The van der Waals surface area contributed by atoms with Crippen molar-refractivity contribution >= 4 is 17.1 Å². The van der Waals surface area contributed by atoms with E-state index in [1.807, 2.05) is 6.07 Å². The fourth-order valence-electron chi connectivity index (χ4n) is 3.12. The third kappa shape index (κ3) is 2.24. The molecule has 0 radical (unpaired) electrons. The zero-order chi connectivity index (χ0) is 16.0. The highest BCUT2D eigenvalue weighted by Crippen LogP contribution is 2.27. The van der Waals surface area contributed by atoms with Crippen LogP contribution >= 0.6 is 0 Å². The van der Waals surface area contributed by atoms with Crippen LogP contribution in [0.3, 0.4) is 0 Å². The Morgan fingerprint density at radius 3 is 2.96 bits per heavy atom. The first kappa shape index (κ1) is 13.8. The smallest absolute Gasteiger partial charge is 0.329 e. The first-order chi connectivity index (χ1) is 11.1. The molecule has 9 nitrogen and oxygen atoms in total. The van der Waals surface area contributed by atoms with Crippen LogP contribution < -0.4 is 16.1 Å². The standard InChI is InChI=1S/C14H17N7O2/c1-20-12(22)10-11(18-14(20)23)17-13(16-10)21-6-2-3-8(7-21)9-4-5-15-19-9/h4-5,8H,2-3,6-7H2,1H3,(H,15,19)(H,16,17)(H,18,23). The molecule has 23 heavy (non-hydrogen) atoms. The third-order valence-electron chi connectivity index (χ3n) is 4.42. The van der Waals surface area contributed by atoms with Gasteiger partial charge in [-0.05, 0) is 18.9 Å². The molecule has 9 heteroatoms. The normalized spacial score (nSPS) is 18.7. The Kier molecular flexibility index (Phi) is 3.07. The maximum atomic E-state index is 12.1. The van der Waals surface area contributed by atoms with Gasteiger partial charge < -0.3 is 9.88 Å². The van der Waals surface area contributed by atoms with E-state index in [1.165, 1.54) is 7.05 Å². The first-order valence-corrected chi connectivity index (χ1v) is 7.56. The molecular weight excluding hydrogens is 298 g/mol. The van der Waals surface area contributed by atoms with Gasteiger partial charge in [0, 0.05) is 37.9 Å². The van der Waals surface area contributed by atoms with Crippen molar-refractivity contribution in [2.75, 3.05) is 18.0 Å². The molecule has 0 aliphatic carbocycles. The van der Waals surface area contributed by atoms with Gasteiger partial charge >= 0.3 is 5.69 Å². The molecule has 0 saturated carbocycles. The van der Waals surface area contributed by atoms with Crippen molar-refractivity contribution in [1.29, 1.82) is 0 Å². The number of rotatable bonds is 2. The highest BCUT2D eigenvalue weighted by Gasteiger charge is 2.24. The highest BCUT2D eigenvalue weighted by atomic mass is 16.2. The molecule has 0 aromatic carbocycles. The average Bonchev–Trinajstić information content (AvgIpc) is 3.22. The van der Waals surface area contributed by atoms with Gasteiger partial charge in [-0.15, -0.1) is 0 Å². The van der Waals surface area contributed by atoms with Crippen LogP contribution in [0.4, 0.5) is 5.95 Å². The summed E-state index contributed by atoms with van der Waals surface area (Å²) in [6.07, 6.45) is 3.86. The summed E-state index contributed by atoms with van der Waals surface area (Å²) in [5.74, 6) is 0.963. The number of piperidine rings is 1. The van der Waals surface area contributed by atoms with E-state index in [4.69, 9.17) is 0 Å². The topological polar surface area (TPSA) is 115 Å². The lowest BCUT2D eigenvalue weighted by Crippen LogP contribution is -2.35. The Labute approximate surface area is 130 Å². The van der Waals surface area contributed by atoms with E-state index in [-0.39, 0.29) is 5.56 Å². The molecule has 1 saturated heterocycles. The molecule has 4 rings (SSSR count). The van der Waals surface area contributed by atoms with E-state index in [2.05, 4.69) is 30.0 Å². The molecule has 0 bridgehead atoms. The van der Waals surface area contributed by atoms with E-state index >= 15 is 0 Å². The second-order valence-electron chi connectivity index (χ2n) is 5.88. The van der Waals surface area contributed by atoms with Gasteiger partial charge in [0.1, 0.15) is 0 Å². The lowest BCUT2D eigenvalue weighted by molar-refractivity contribution is 0.496. The molecule has 120 valence electrons. The maximum absolute atomic E-state index is 12.1. The van der Waals surface area contributed by atoms with E-state index in [9.17, 15) is 9.59 Å².